The first-order chi connectivity index (χ1) is 13.1. The zero-order valence-electron chi connectivity index (χ0n) is 15.1. The van der Waals surface area contributed by atoms with Gasteiger partial charge in [-0.1, -0.05) is 17.7 Å². The van der Waals surface area contributed by atoms with Crippen molar-refractivity contribution in [3.63, 3.8) is 0 Å². The van der Waals surface area contributed by atoms with Gasteiger partial charge in [0.25, 0.3) is 0 Å². The summed E-state index contributed by atoms with van der Waals surface area (Å²) in [5.41, 5.74) is 5.98. The summed E-state index contributed by atoms with van der Waals surface area (Å²) < 4.78 is 0. The second-order valence-electron chi connectivity index (χ2n) is 6.78. The maximum Gasteiger partial charge on any atom is 0.0930 e. The zero-order chi connectivity index (χ0) is 18.8. The SMILES string of the molecule is CN1CCN(c2ccc(Cl)cc2)c2ccc(-c3ccc(CO)nn3)cc2C1. The van der Waals surface area contributed by atoms with Crippen molar-refractivity contribution in [1.29, 1.82) is 0 Å². The van der Waals surface area contributed by atoms with Crippen LogP contribution in [0.5, 0.6) is 0 Å². The molecule has 0 unspecified atom stereocenters. The largest absolute Gasteiger partial charge is 0.390 e. The normalized spacial score (nSPS) is 14.7. The number of benzene rings is 2. The van der Waals surface area contributed by atoms with E-state index in [0.29, 0.717) is 5.69 Å². The number of aliphatic hydroxyl groups excluding tert-OH is 1. The molecule has 1 N–H and O–H groups in total. The lowest BCUT2D eigenvalue weighted by Crippen LogP contribution is -2.26. The lowest BCUT2D eigenvalue weighted by atomic mass is 10.0. The van der Waals surface area contributed by atoms with Crippen LogP contribution >= 0.6 is 11.6 Å². The highest BCUT2D eigenvalue weighted by molar-refractivity contribution is 6.30. The number of hydrogen-bond acceptors (Lipinski definition) is 5. The molecular weight excluding hydrogens is 360 g/mol. The summed E-state index contributed by atoms with van der Waals surface area (Å²) in [7, 11) is 2.14. The molecule has 4 rings (SSSR count). The van der Waals surface area contributed by atoms with Crippen LogP contribution in [0.4, 0.5) is 11.4 Å². The Morgan fingerprint density at radius 3 is 2.52 bits per heavy atom. The number of anilines is 2. The highest BCUT2D eigenvalue weighted by Crippen LogP contribution is 2.34. The predicted octanol–water partition coefficient (Wildman–Crippen LogP) is 3.87. The van der Waals surface area contributed by atoms with Crippen LogP contribution in [0.25, 0.3) is 11.3 Å². The third-order valence-corrected chi connectivity index (χ3v) is 5.08. The van der Waals surface area contributed by atoms with Gasteiger partial charge in [0.15, 0.2) is 0 Å². The Labute approximate surface area is 163 Å². The molecule has 0 bridgehead atoms. The number of fused-ring (bicyclic) bond motifs is 1. The van der Waals surface area contributed by atoms with Gasteiger partial charge in [-0.25, -0.2) is 0 Å². The predicted molar refractivity (Wildman–Crippen MR) is 108 cm³/mol. The van der Waals surface area contributed by atoms with Gasteiger partial charge in [-0.05, 0) is 61.1 Å². The van der Waals surface area contributed by atoms with E-state index in [1.165, 1.54) is 11.3 Å². The van der Waals surface area contributed by atoms with Crippen molar-refractivity contribution in [1.82, 2.24) is 15.1 Å². The van der Waals surface area contributed by atoms with Gasteiger partial charge >= 0.3 is 0 Å². The highest BCUT2D eigenvalue weighted by atomic mass is 35.5. The summed E-state index contributed by atoms with van der Waals surface area (Å²) in [6.45, 7) is 2.65. The van der Waals surface area contributed by atoms with E-state index in [9.17, 15) is 0 Å². The number of likely N-dealkylation sites (N-methyl/N-ethyl adjacent to an activating group) is 1. The molecule has 27 heavy (non-hydrogen) atoms. The van der Waals surface area contributed by atoms with E-state index in [0.717, 1.165) is 41.6 Å². The molecule has 1 aromatic heterocycles. The minimum atomic E-state index is -0.0989. The lowest BCUT2D eigenvalue weighted by Gasteiger charge is -2.25. The second-order valence-corrected chi connectivity index (χ2v) is 7.21. The summed E-state index contributed by atoms with van der Waals surface area (Å²) in [6, 6.07) is 18.1. The van der Waals surface area contributed by atoms with Gasteiger partial charge in [-0.2, -0.15) is 10.2 Å². The Kier molecular flexibility index (Phi) is 5.07. The van der Waals surface area contributed by atoms with Crippen molar-refractivity contribution in [3.05, 3.63) is 70.9 Å². The molecule has 138 valence electrons. The van der Waals surface area contributed by atoms with Crippen molar-refractivity contribution in [2.45, 2.75) is 13.2 Å². The maximum absolute atomic E-state index is 9.15. The van der Waals surface area contributed by atoms with E-state index in [2.05, 4.69) is 57.4 Å². The molecule has 0 saturated heterocycles. The molecule has 0 amide bonds. The fourth-order valence-electron chi connectivity index (χ4n) is 3.38. The third-order valence-electron chi connectivity index (χ3n) is 4.83. The number of aliphatic hydroxyl groups is 1. The molecule has 3 aromatic rings. The monoisotopic (exact) mass is 380 g/mol. The average molecular weight is 381 g/mol. The van der Waals surface area contributed by atoms with Gasteiger partial charge in [0.1, 0.15) is 0 Å². The number of nitrogens with zero attached hydrogens (tertiary/aromatic N) is 4. The Morgan fingerprint density at radius 2 is 1.81 bits per heavy atom. The highest BCUT2D eigenvalue weighted by Gasteiger charge is 2.20. The summed E-state index contributed by atoms with van der Waals surface area (Å²) in [6.07, 6.45) is 0. The molecule has 1 aliphatic heterocycles. The Balaban J connectivity index is 1.73. The first-order valence-electron chi connectivity index (χ1n) is 8.92. The van der Waals surface area contributed by atoms with Crippen LogP contribution in [0.3, 0.4) is 0 Å². The van der Waals surface area contributed by atoms with Crippen LogP contribution in [-0.2, 0) is 13.2 Å². The van der Waals surface area contributed by atoms with Gasteiger partial charge in [0, 0.05) is 41.6 Å². The molecule has 2 heterocycles. The Morgan fingerprint density at radius 1 is 1.00 bits per heavy atom. The average Bonchev–Trinajstić information content (AvgIpc) is 2.86. The van der Waals surface area contributed by atoms with Crippen LogP contribution in [-0.4, -0.2) is 40.3 Å². The van der Waals surface area contributed by atoms with Crippen LogP contribution in [0.1, 0.15) is 11.3 Å². The second kappa shape index (κ2) is 7.64. The van der Waals surface area contributed by atoms with Gasteiger partial charge in [0.05, 0.1) is 18.0 Å². The quantitative estimate of drug-likeness (QED) is 0.747. The van der Waals surface area contributed by atoms with Crippen LogP contribution in [0.15, 0.2) is 54.6 Å². The van der Waals surface area contributed by atoms with Crippen molar-refractivity contribution in [3.8, 4) is 11.3 Å². The molecule has 1 aliphatic rings. The molecule has 0 saturated carbocycles. The third kappa shape index (κ3) is 3.81. The molecule has 2 aromatic carbocycles. The van der Waals surface area contributed by atoms with Gasteiger partial charge in [0.2, 0.25) is 0 Å². The van der Waals surface area contributed by atoms with E-state index >= 15 is 0 Å². The maximum atomic E-state index is 9.15. The smallest absolute Gasteiger partial charge is 0.0930 e. The van der Waals surface area contributed by atoms with Crippen LogP contribution < -0.4 is 4.90 Å². The summed E-state index contributed by atoms with van der Waals surface area (Å²) in [5, 5.41) is 18.2. The summed E-state index contributed by atoms with van der Waals surface area (Å²) in [4.78, 5) is 4.65. The van der Waals surface area contributed by atoms with Gasteiger partial charge < -0.3 is 14.9 Å². The molecule has 0 spiro atoms. The fraction of sp³-hybridized carbons (Fsp3) is 0.238. The van der Waals surface area contributed by atoms with Crippen molar-refractivity contribution in [2.75, 3.05) is 25.0 Å². The summed E-state index contributed by atoms with van der Waals surface area (Å²) in [5.74, 6) is 0. The van der Waals surface area contributed by atoms with Crippen molar-refractivity contribution in [2.24, 2.45) is 0 Å². The van der Waals surface area contributed by atoms with Crippen molar-refractivity contribution >= 4 is 23.0 Å². The molecule has 6 heteroatoms. The number of halogens is 1. The molecular formula is C21H21ClN4O. The first kappa shape index (κ1) is 17.9. The number of aromatic nitrogens is 2. The minimum absolute atomic E-state index is 0.0989. The molecule has 0 fully saturated rings. The molecule has 0 aliphatic carbocycles. The number of rotatable bonds is 3. The minimum Gasteiger partial charge on any atom is -0.390 e. The zero-order valence-corrected chi connectivity index (χ0v) is 15.9. The Hall–Kier alpha value is -2.47. The van der Waals surface area contributed by atoms with Crippen LogP contribution in [0, 0.1) is 0 Å². The van der Waals surface area contributed by atoms with Gasteiger partial charge in [-0.3, -0.25) is 0 Å². The summed E-state index contributed by atoms with van der Waals surface area (Å²) >= 11 is 6.06. The first-order valence-corrected chi connectivity index (χ1v) is 9.30. The van der Waals surface area contributed by atoms with Gasteiger partial charge in [-0.15, -0.1) is 0 Å². The molecule has 5 nitrogen and oxygen atoms in total. The van der Waals surface area contributed by atoms with E-state index in [1.807, 2.05) is 18.2 Å². The number of hydrogen-bond donors (Lipinski definition) is 1. The van der Waals surface area contributed by atoms with E-state index < -0.39 is 0 Å². The molecule has 0 radical (unpaired) electrons. The standard InChI is InChI=1S/C21H21ClN4O/c1-25-10-11-26(19-6-3-17(22)4-7-19)21-9-2-15(12-16(21)13-25)20-8-5-18(14-27)23-24-20/h2-9,12,27H,10-11,13-14H2,1H3. The van der Waals surface area contributed by atoms with Crippen LogP contribution in [0.2, 0.25) is 5.02 Å². The van der Waals surface area contributed by atoms with E-state index in [4.69, 9.17) is 16.7 Å². The molecule has 0 atom stereocenters. The van der Waals surface area contributed by atoms with Crippen molar-refractivity contribution < 1.29 is 5.11 Å². The fourth-order valence-corrected chi connectivity index (χ4v) is 3.51. The van der Waals surface area contributed by atoms with E-state index in [1.54, 1.807) is 6.07 Å². The Bertz CT molecular complexity index is 928. The lowest BCUT2D eigenvalue weighted by molar-refractivity contribution is 0.275. The topological polar surface area (TPSA) is 52.5 Å². The van der Waals surface area contributed by atoms with E-state index in [-0.39, 0.29) is 6.61 Å².